The number of hydrogen-bond acceptors (Lipinski definition) is 5. The van der Waals surface area contributed by atoms with Crippen molar-refractivity contribution in [1.29, 1.82) is 0 Å². The highest BCUT2D eigenvalue weighted by Crippen LogP contribution is 2.32. The predicted molar refractivity (Wildman–Crippen MR) is 128 cm³/mol. The van der Waals surface area contributed by atoms with E-state index >= 15 is 0 Å². The van der Waals surface area contributed by atoms with E-state index < -0.39 is 22.9 Å². The Balaban J connectivity index is 2.32. The van der Waals surface area contributed by atoms with Gasteiger partial charge in [-0.15, -0.1) is 0 Å². The summed E-state index contributed by atoms with van der Waals surface area (Å²) in [5.41, 5.74) is 2.16. The van der Waals surface area contributed by atoms with Crippen LogP contribution in [-0.2, 0) is 28.9 Å². The van der Waals surface area contributed by atoms with Crippen LogP contribution in [0.15, 0.2) is 35.2 Å². The normalized spacial score (nSPS) is 12.3. The number of methoxy groups -OCH3 is 2. The lowest BCUT2D eigenvalue weighted by Gasteiger charge is -2.28. The highest BCUT2D eigenvalue weighted by Gasteiger charge is 2.24. The highest BCUT2D eigenvalue weighted by atomic mass is 35.5. The van der Waals surface area contributed by atoms with Gasteiger partial charge in [0.15, 0.2) is 10.6 Å². The van der Waals surface area contributed by atoms with Gasteiger partial charge in [-0.25, -0.2) is 4.79 Å². The molecule has 1 unspecified atom stereocenters. The average Bonchev–Trinajstić information content (AvgIpc) is 2.68. The lowest BCUT2D eigenvalue weighted by Crippen LogP contribution is -2.37. The fourth-order valence-electron chi connectivity index (χ4n) is 3.29. The number of carbonyl (C=O) groups excluding carboxylic acids is 1. The molecule has 0 heterocycles. The van der Waals surface area contributed by atoms with Gasteiger partial charge in [0.05, 0.1) is 14.2 Å². The number of aryl methyl sites for hydroxylation is 1. The van der Waals surface area contributed by atoms with E-state index in [-0.39, 0.29) is 0 Å². The second-order valence-electron chi connectivity index (χ2n) is 8.56. The summed E-state index contributed by atoms with van der Waals surface area (Å²) in [5, 5.41) is 0.624. The Morgan fingerprint density at radius 1 is 1.09 bits per heavy atom. The number of hydrogen-bond donors (Lipinski definition) is 0. The first-order valence-electron chi connectivity index (χ1n) is 10.3. The molecule has 176 valence electrons. The molecule has 1 amide bonds. The van der Waals surface area contributed by atoms with Gasteiger partial charge in [-0.2, -0.15) is 0 Å². The van der Waals surface area contributed by atoms with Gasteiger partial charge in [0.2, 0.25) is 0 Å². The van der Waals surface area contributed by atoms with E-state index in [9.17, 15) is 9.35 Å². The molecular weight excluding hydrogens is 450 g/mol. The second-order valence-corrected chi connectivity index (χ2v) is 10.3. The van der Waals surface area contributed by atoms with Crippen LogP contribution in [0.2, 0.25) is 5.02 Å². The molecule has 0 radical (unpaired) electrons. The third-order valence-corrected chi connectivity index (χ3v) is 5.81. The molecular formula is C24H32ClNO5S. The first-order valence-corrected chi connectivity index (χ1v) is 12.2. The first kappa shape index (κ1) is 26.2. The maximum absolute atomic E-state index is 12.9. The Bertz CT molecular complexity index is 922. The van der Waals surface area contributed by atoms with E-state index in [4.69, 9.17) is 25.8 Å². The van der Waals surface area contributed by atoms with Gasteiger partial charge in [-0.3, -0.25) is 0 Å². The van der Waals surface area contributed by atoms with Crippen LogP contribution in [-0.4, -0.2) is 48.2 Å². The highest BCUT2D eigenvalue weighted by molar-refractivity contribution is 7.90. The number of amides is 1. The zero-order valence-electron chi connectivity index (χ0n) is 19.8. The number of nitrogens with zero attached hydrogens (tertiary/aromatic N) is 1. The number of benzene rings is 2. The van der Waals surface area contributed by atoms with E-state index in [1.54, 1.807) is 24.3 Å². The van der Waals surface area contributed by atoms with Gasteiger partial charge >= 0.3 is 6.09 Å². The van der Waals surface area contributed by atoms with E-state index in [2.05, 4.69) is 0 Å². The van der Waals surface area contributed by atoms with Crippen molar-refractivity contribution >= 4 is 28.9 Å². The molecule has 0 aromatic heterocycles. The zero-order chi connectivity index (χ0) is 24.1. The van der Waals surface area contributed by atoms with Crippen molar-refractivity contribution in [3.63, 3.8) is 0 Å². The minimum atomic E-state index is -1.23. The Morgan fingerprint density at radius 2 is 1.75 bits per heavy atom. The van der Waals surface area contributed by atoms with Crippen LogP contribution in [0.5, 0.6) is 11.5 Å². The van der Waals surface area contributed by atoms with Crippen molar-refractivity contribution in [2.45, 2.75) is 51.2 Å². The molecule has 0 bridgehead atoms. The Kier molecular flexibility index (Phi) is 9.13. The van der Waals surface area contributed by atoms with Crippen molar-refractivity contribution in [1.82, 2.24) is 4.90 Å². The largest absolute Gasteiger partial charge is 0.612 e. The molecule has 2 aromatic carbocycles. The van der Waals surface area contributed by atoms with Crippen molar-refractivity contribution in [2.75, 3.05) is 27.0 Å². The molecule has 6 nitrogen and oxygen atoms in total. The van der Waals surface area contributed by atoms with E-state index in [1.165, 1.54) is 7.11 Å². The molecule has 0 fully saturated rings. The average molecular weight is 482 g/mol. The van der Waals surface area contributed by atoms with Crippen LogP contribution >= 0.6 is 11.6 Å². The SMILES string of the molecule is COc1cc([S+](C)[O-])c(OC)cc1CCN(Cc1cc(C)cc(Cl)c1)C(=O)OC(C)(C)C. The van der Waals surface area contributed by atoms with Gasteiger partial charge in [-0.05, 0) is 80.2 Å². The maximum atomic E-state index is 12.9. The fraction of sp³-hybridized carbons (Fsp3) is 0.458. The summed E-state index contributed by atoms with van der Waals surface area (Å²) >= 11 is 4.99. The van der Waals surface area contributed by atoms with Crippen LogP contribution < -0.4 is 9.47 Å². The summed E-state index contributed by atoms with van der Waals surface area (Å²) in [6.07, 6.45) is 1.68. The number of carbonyl (C=O) groups is 1. The van der Waals surface area contributed by atoms with E-state index in [1.807, 2.05) is 52.0 Å². The van der Waals surface area contributed by atoms with Gasteiger partial charge in [0.25, 0.3) is 0 Å². The molecule has 32 heavy (non-hydrogen) atoms. The molecule has 2 rings (SSSR count). The molecule has 0 aliphatic heterocycles. The number of rotatable bonds is 8. The van der Waals surface area contributed by atoms with Crippen molar-refractivity contribution in [3.05, 3.63) is 52.0 Å². The Labute approximate surface area is 199 Å². The molecule has 0 N–H and O–H groups in total. The molecule has 0 aliphatic rings. The molecule has 1 atom stereocenters. The summed E-state index contributed by atoms with van der Waals surface area (Å²) in [7, 11) is 3.10. The molecule has 0 aliphatic carbocycles. The van der Waals surface area contributed by atoms with Gasteiger partial charge in [0, 0.05) is 24.2 Å². The number of ether oxygens (including phenoxy) is 3. The van der Waals surface area contributed by atoms with Gasteiger partial charge in [0.1, 0.15) is 17.6 Å². The molecule has 2 aromatic rings. The Morgan fingerprint density at radius 3 is 2.28 bits per heavy atom. The summed E-state index contributed by atoms with van der Waals surface area (Å²) in [4.78, 5) is 15.2. The second kappa shape index (κ2) is 11.2. The van der Waals surface area contributed by atoms with Gasteiger partial charge in [-0.1, -0.05) is 17.7 Å². The van der Waals surface area contributed by atoms with Crippen molar-refractivity contribution in [2.24, 2.45) is 0 Å². The summed E-state index contributed by atoms with van der Waals surface area (Å²) < 4.78 is 28.6. The lowest BCUT2D eigenvalue weighted by molar-refractivity contribution is 0.0235. The Hall–Kier alpha value is -2.09. The minimum Gasteiger partial charge on any atom is -0.612 e. The maximum Gasteiger partial charge on any atom is 0.410 e. The third-order valence-electron chi connectivity index (χ3n) is 4.65. The summed E-state index contributed by atoms with van der Waals surface area (Å²) in [5.74, 6) is 1.12. The van der Waals surface area contributed by atoms with Gasteiger partial charge < -0.3 is 23.7 Å². The third kappa shape index (κ3) is 7.50. The molecule has 0 saturated carbocycles. The van der Waals surface area contributed by atoms with E-state index in [0.717, 1.165) is 16.7 Å². The van der Waals surface area contributed by atoms with Crippen LogP contribution in [0.4, 0.5) is 4.79 Å². The zero-order valence-corrected chi connectivity index (χ0v) is 21.4. The number of halogens is 1. The quantitative estimate of drug-likeness (QED) is 0.473. The van der Waals surface area contributed by atoms with Crippen LogP contribution in [0.3, 0.4) is 0 Å². The molecule has 8 heteroatoms. The van der Waals surface area contributed by atoms with Crippen LogP contribution in [0, 0.1) is 6.92 Å². The predicted octanol–water partition coefficient (Wildman–Crippen LogP) is 5.38. The fourth-order valence-corrected chi connectivity index (χ4v) is 4.30. The van der Waals surface area contributed by atoms with Crippen molar-refractivity contribution in [3.8, 4) is 11.5 Å². The van der Waals surface area contributed by atoms with Crippen LogP contribution in [0.25, 0.3) is 0 Å². The topological polar surface area (TPSA) is 71.1 Å². The monoisotopic (exact) mass is 481 g/mol. The minimum absolute atomic E-state index is 0.354. The standard InChI is InChI=1S/C24H32ClNO5S/c1-16-10-17(12-19(25)11-16)15-26(23(27)31-24(2,3)4)9-8-18-13-21(30-6)22(32(7)28)14-20(18)29-5/h10-14H,8-9,15H2,1-7H3. The smallest absolute Gasteiger partial charge is 0.410 e. The summed E-state index contributed by atoms with van der Waals surface area (Å²) in [6, 6.07) is 9.26. The lowest BCUT2D eigenvalue weighted by atomic mass is 10.1. The van der Waals surface area contributed by atoms with E-state index in [0.29, 0.717) is 40.9 Å². The molecule has 0 spiro atoms. The summed E-state index contributed by atoms with van der Waals surface area (Å²) in [6.45, 7) is 8.21. The van der Waals surface area contributed by atoms with Crippen molar-refractivity contribution < 1.29 is 23.6 Å². The van der Waals surface area contributed by atoms with Crippen LogP contribution in [0.1, 0.15) is 37.5 Å². The molecule has 0 saturated heterocycles. The first-order chi connectivity index (χ1) is 14.9.